The van der Waals surface area contributed by atoms with Crippen LogP contribution in [-0.4, -0.2) is 58.5 Å². The number of hydrogen-bond acceptors (Lipinski definition) is 9. The molecule has 0 saturated carbocycles. The molecule has 0 saturated heterocycles. The van der Waals surface area contributed by atoms with E-state index in [1.54, 1.807) is 68.0 Å². The third kappa shape index (κ3) is 9.20. The number of ether oxygens (including phenoxy) is 4. The summed E-state index contributed by atoms with van der Waals surface area (Å²) in [5.74, 6) is -2.35. The van der Waals surface area contributed by atoms with Crippen LogP contribution in [0.2, 0.25) is 0 Å². The number of benzene rings is 2. The van der Waals surface area contributed by atoms with Crippen molar-refractivity contribution in [3.05, 3.63) is 77.6 Å². The van der Waals surface area contributed by atoms with E-state index >= 15 is 4.39 Å². The molecule has 2 N–H and O–H groups in total. The maximum atomic E-state index is 16.5. The quantitative estimate of drug-likeness (QED) is 0.216. The second-order valence-corrected chi connectivity index (χ2v) is 11.9. The van der Waals surface area contributed by atoms with Crippen LogP contribution in [0.25, 0.3) is 6.08 Å². The van der Waals surface area contributed by atoms with E-state index in [0.717, 1.165) is 7.11 Å². The van der Waals surface area contributed by atoms with E-state index < -0.39 is 58.1 Å². The summed E-state index contributed by atoms with van der Waals surface area (Å²) < 4.78 is 65.9. The highest BCUT2D eigenvalue weighted by Gasteiger charge is 2.35. The van der Waals surface area contributed by atoms with E-state index in [0.29, 0.717) is 15.4 Å². The molecule has 0 aliphatic heterocycles. The minimum absolute atomic E-state index is 0.0184. The number of amides is 2. The highest BCUT2D eigenvalue weighted by atomic mass is 32.2. The molecular formula is C29H34FN3O9S. The summed E-state index contributed by atoms with van der Waals surface area (Å²) in [4.78, 5) is 36.9. The first kappa shape index (κ1) is 32.9. The summed E-state index contributed by atoms with van der Waals surface area (Å²) in [5.41, 5.74) is -0.371. The van der Waals surface area contributed by atoms with Gasteiger partial charge in [-0.3, -0.25) is 4.79 Å². The van der Waals surface area contributed by atoms with Crippen LogP contribution < -0.4 is 19.1 Å². The van der Waals surface area contributed by atoms with Crippen LogP contribution in [0.3, 0.4) is 0 Å². The minimum Gasteiger partial charge on any atom is -0.487 e. The number of alkyl carbamates (subject to hydrolysis) is 1. The maximum Gasteiger partial charge on any atom is 0.422 e. The van der Waals surface area contributed by atoms with Crippen molar-refractivity contribution in [3.63, 3.8) is 0 Å². The van der Waals surface area contributed by atoms with Crippen molar-refractivity contribution in [1.29, 1.82) is 0 Å². The molecule has 2 amide bonds. The average molecular weight is 620 g/mol. The summed E-state index contributed by atoms with van der Waals surface area (Å²) >= 11 is 0. The molecule has 232 valence electrons. The lowest BCUT2D eigenvalue weighted by atomic mass is 9.92. The molecule has 12 nitrogen and oxygen atoms in total. The van der Waals surface area contributed by atoms with Gasteiger partial charge in [-0.15, -0.1) is 0 Å². The molecule has 0 spiro atoms. The van der Waals surface area contributed by atoms with Crippen molar-refractivity contribution in [3.8, 4) is 5.75 Å². The van der Waals surface area contributed by atoms with Gasteiger partial charge in [0.05, 0.1) is 13.2 Å². The Hall–Kier alpha value is -4.59. The molecule has 0 bridgehead atoms. The lowest BCUT2D eigenvalue weighted by Gasteiger charge is -2.29. The number of carbonyl (C=O) groups is 3. The summed E-state index contributed by atoms with van der Waals surface area (Å²) in [7, 11) is -3.95. The van der Waals surface area contributed by atoms with Gasteiger partial charge in [0.25, 0.3) is 0 Å². The number of fused-ring (bicyclic) bond motifs is 1. The summed E-state index contributed by atoms with van der Waals surface area (Å²) in [5, 5.41) is 2.64. The monoisotopic (exact) mass is 619 g/mol. The highest BCUT2D eigenvalue weighted by molar-refractivity contribution is 7.91. The van der Waals surface area contributed by atoms with E-state index in [1.807, 2.05) is 0 Å². The van der Waals surface area contributed by atoms with Crippen LogP contribution in [0, 0.1) is 5.82 Å². The summed E-state index contributed by atoms with van der Waals surface area (Å²) in [6.45, 7) is 7.05. The lowest BCUT2D eigenvalue weighted by Crippen LogP contribution is -2.47. The molecule has 0 aromatic heterocycles. The van der Waals surface area contributed by atoms with Crippen LogP contribution in [0.4, 0.5) is 19.7 Å². The number of nitrogens with zero attached hydrogens (tertiary/aromatic N) is 1. The molecule has 0 radical (unpaired) electrons. The van der Waals surface area contributed by atoms with E-state index in [9.17, 15) is 22.8 Å². The van der Waals surface area contributed by atoms with Crippen molar-refractivity contribution >= 4 is 40.1 Å². The van der Waals surface area contributed by atoms with Gasteiger partial charge in [0.1, 0.15) is 36.8 Å². The Morgan fingerprint density at radius 3 is 2.49 bits per heavy atom. The third-order valence-corrected chi connectivity index (χ3v) is 7.11. The van der Waals surface area contributed by atoms with Gasteiger partial charge in [0, 0.05) is 0 Å². The molecule has 3 rings (SSSR count). The predicted molar refractivity (Wildman–Crippen MR) is 156 cm³/mol. The van der Waals surface area contributed by atoms with Gasteiger partial charge in [0.15, 0.2) is 5.82 Å². The first-order chi connectivity index (χ1) is 20.2. The molecule has 1 aliphatic carbocycles. The van der Waals surface area contributed by atoms with E-state index in [4.69, 9.17) is 14.2 Å². The van der Waals surface area contributed by atoms with Crippen LogP contribution in [0.15, 0.2) is 55.1 Å². The molecule has 43 heavy (non-hydrogen) atoms. The molecule has 14 heteroatoms. The van der Waals surface area contributed by atoms with Gasteiger partial charge < -0.3 is 24.3 Å². The van der Waals surface area contributed by atoms with Gasteiger partial charge in [-0.05, 0) is 49.9 Å². The second-order valence-electron chi connectivity index (χ2n) is 10.3. The Bertz CT molecular complexity index is 1490. The Balaban J connectivity index is 2.10. The van der Waals surface area contributed by atoms with Crippen molar-refractivity contribution in [1.82, 2.24) is 10.0 Å². The summed E-state index contributed by atoms with van der Waals surface area (Å²) in [6.07, 6.45) is 2.19. The van der Waals surface area contributed by atoms with E-state index in [2.05, 4.69) is 16.6 Å². The topological polar surface area (TPSA) is 150 Å². The summed E-state index contributed by atoms with van der Waals surface area (Å²) in [6, 6.07) is 9.52. The molecule has 1 atom stereocenters. The number of esters is 1. The number of nitrogens with one attached hydrogen (secondary N) is 2. The predicted octanol–water partition coefficient (Wildman–Crippen LogP) is 4.00. The Kier molecular flexibility index (Phi) is 10.8. The van der Waals surface area contributed by atoms with Crippen LogP contribution >= 0.6 is 0 Å². The fourth-order valence-electron chi connectivity index (χ4n) is 3.96. The molecule has 2 aromatic carbocycles. The number of anilines is 1. The molecule has 0 unspecified atom stereocenters. The number of carbonyl (C=O) groups excluding carboxylic acids is 3. The van der Waals surface area contributed by atoms with E-state index in [-0.39, 0.29) is 30.9 Å². The van der Waals surface area contributed by atoms with Crippen molar-refractivity contribution < 1.29 is 46.1 Å². The van der Waals surface area contributed by atoms with Crippen molar-refractivity contribution in [2.24, 2.45) is 0 Å². The molecule has 0 fully saturated rings. The molecule has 2 aromatic rings. The Morgan fingerprint density at radius 1 is 1.16 bits per heavy atom. The maximum absolute atomic E-state index is 16.5. The van der Waals surface area contributed by atoms with Gasteiger partial charge in [-0.25, -0.2) is 23.0 Å². The van der Waals surface area contributed by atoms with Crippen molar-refractivity contribution in [2.45, 2.75) is 45.4 Å². The van der Waals surface area contributed by atoms with Gasteiger partial charge in [-0.1, -0.05) is 55.1 Å². The SMILES string of the molecule is C=CCOC(=O)NS(=O)(=O)N(CC(=O)OC)c1c(OCc2ccccc2)cc2c(c1F)C[C@H](NC(=O)OC(C)(C)C)C=C2. The zero-order chi connectivity index (χ0) is 31.8. The van der Waals surface area contributed by atoms with Crippen LogP contribution in [-0.2, 0) is 42.2 Å². The minimum atomic E-state index is -4.97. The normalized spacial score (nSPS) is 14.1. The smallest absolute Gasteiger partial charge is 0.422 e. The highest BCUT2D eigenvalue weighted by Crippen LogP contribution is 2.40. The van der Waals surface area contributed by atoms with Crippen LogP contribution in [0.5, 0.6) is 5.75 Å². The molecule has 0 heterocycles. The van der Waals surface area contributed by atoms with E-state index in [1.165, 1.54) is 12.1 Å². The van der Waals surface area contributed by atoms with Gasteiger partial charge in [0.2, 0.25) is 0 Å². The number of rotatable bonds is 11. The number of methoxy groups -OCH3 is 1. The fraction of sp³-hybridized carbons (Fsp3) is 0.345. The third-order valence-electron chi connectivity index (χ3n) is 5.80. The average Bonchev–Trinajstić information content (AvgIpc) is 2.93. The Labute approximate surface area is 249 Å². The zero-order valence-corrected chi connectivity index (χ0v) is 25.0. The standard InChI is InChI=1S/C29H34FN3O9S/c1-6-14-40-28(36)32-43(37,38)33(17-24(34)39-5)26-23(41-18-19-10-8-7-9-11-19)15-20-12-13-21(16-22(20)25(26)30)31-27(35)42-29(2,3)4/h6-13,15,21H,1,14,16-18H2,2-5H3,(H,31,35)(H,32,36)/t21-/m1/s1. The number of halogens is 1. The first-order valence-electron chi connectivity index (χ1n) is 13.1. The first-order valence-corrected chi connectivity index (χ1v) is 14.5. The van der Waals surface area contributed by atoms with Gasteiger partial charge in [-0.2, -0.15) is 8.42 Å². The zero-order valence-electron chi connectivity index (χ0n) is 24.2. The Morgan fingerprint density at radius 2 is 1.86 bits per heavy atom. The van der Waals surface area contributed by atoms with Crippen LogP contribution in [0.1, 0.15) is 37.5 Å². The van der Waals surface area contributed by atoms with Gasteiger partial charge >= 0.3 is 28.4 Å². The molecule has 1 aliphatic rings. The molecular weight excluding hydrogens is 585 g/mol. The fourth-order valence-corrected chi connectivity index (χ4v) is 5.03. The van der Waals surface area contributed by atoms with Crippen molar-refractivity contribution in [2.75, 3.05) is 24.6 Å². The lowest BCUT2D eigenvalue weighted by molar-refractivity contribution is -0.138. The largest absolute Gasteiger partial charge is 0.487 e. The second kappa shape index (κ2) is 14.1. The number of hydrogen-bond donors (Lipinski definition) is 2.